The van der Waals surface area contributed by atoms with Crippen LogP contribution in [0.2, 0.25) is 0 Å². The van der Waals surface area contributed by atoms with Gasteiger partial charge in [-0.05, 0) is 6.92 Å². The molecular formula is C3H10N4. The first kappa shape index (κ1) is 6.39. The van der Waals surface area contributed by atoms with Crippen molar-refractivity contribution in [1.82, 2.24) is 5.43 Å². The van der Waals surface area contributed by atoms with Crippen LogP contribution in [0.3, 0.4) is 0 Å². The van der Waals surface area contributed by atoms with Crippen LogP contribution in [-0.2, 0) is 0 Å². The normalized spacial score (nSPS) is 14.7. The zero-order valence-corrected chi connectivity index (χ0v) is 4.26. The quantitative estimate of drug-likeness (QED) is 0.177. The number of nitrogens with two attached hydrogens (primary N) is 2. The molecule has 42 valence electrons. The molecule has 0 aromatic rings. The Hall–Kier alpha value is -0.610. The number of aliphatic imine (C=N–C) groups is 1. The van der Waals surface area contributed by atoms with E-state index in [1.54, 1.807) is 6.92 Å². The number of hydrazine groups is 1. The number of nitrogens with one attached hydrogen (secondary N) is 1. The van der Waals surface area contributed by atoms with Gasteiger partial charge in [-0.15, -0.1) is 0 Å². The van der Waals surface area contributed by atoms with Crippen LogP contribution in [0.25, 0.3) is 0 Å². The molecule has 0 aromatic heterocycles. The van der Waals surface area contributed by atoms with Crippen molar-refractivity contribution >= 4 is 6.34 Å². The van der Waals surface area contributed by atoms with Gasteiger partial charge in [0, 0.05) is 0 Å². The van der Waals surface area contributed by atoms with Gasteiger partial charge in [0.1, 0.15) is 0 Å². The van der Waals surface area contributed by atoms with Gasteiger partial charge in [0.05, 0.1) is 12.5 Å². The van der Waals surface area contributed by atoms with Gasteiger partial charge < -0.3 is 11.2 Å². The smallest absolute Gasteiger partial charge is 0.0983 e. The summed E-state index contributed by atoms with van der Waals surface area (Å²) in [5.74, 6) is 4.82. The van der Waals surface area contributed by atoms with Crippen LogP contribution in [-0.4, -0.2) is 12.5 Å². The van der Waals surface area contributed by atoms with Crippen LogP contribution in [0.15, 0.2) is 4.99 Å². The molecule has 0 saturated carbocycles. The lowest BCUT2D eigenvalue weighted by Gasteiger charge is -1.91. The summed E-state index contributed by atoms with van der Waals surface area (Å²) in [5, 5.41) is 0. The summed E-state index contributed by atoms with van der Waals surface area (Å²) in [6.45, 7) is 1.76. The van der Waals surface area contributed by atoms with Crippen LogP contribution in [0, 0.1) is 0 Å². The van der Waals surface area contributed by atoms with Crippen LogP contribution >= 0.6 is 0 Å². The molecule has 0 saturated heterocycles. The van der Waals surface area contributed by atoms with Gasteiger partial charge in [-0.3, -0.25) is 4.99 Å². The number of nitrogens with zero attached hydrogens (tertiary/aromatic N) is 1. The third-order valence-corrected chi connectivity index (χ3v) is 0.384. The van der Waals surface area contributed by atoms with Gasteiger partial charge in [-0.2, -0.15) is 0 Å². The van der Waals surface area contributed by atoms with Crippen molar-refractivity contribution in [3.05, 3.63) is 0 Å². The lowest BCUT2D eigenvalue weighted by molar-refractivity contribution is 0.788. The first-order chi connectivity index (χ1) is 3.27. The van der Waals surface area contributed by atoms with Crippen LogP contribution in [0.4, 0.5) is 0 Å². The second-order valence-electron chi connectivity index (χ2n) is 1.19. The minimum absolute atomic E-state index is 0.170. The highest BCUT2D eigenvalue weighted by Gasteiger charge is 1.78. The van der Waals surface area contributed by atoms with Gasteiger partial charge >= 0.3 is 0 Å². The maximum Gasteiger partial charge on any atom is 0.0983 e. The molecule has 0 spiro atoms. The molecule has 0 fully saturated rings. The third kappa shape index (κ3) is 5.39. The Morgan fingerprint density at radius 2 is 2.43 bits per heavy atom. The molecule has 0 rings (SSSR count). The molecule has 0 bridgehead atoms. The average molecular weight is 102 g/mol. The SMILES string of the molecule is CC(N)N=CNN. The second-order valence-corrected chi connectivity index (χ2v) is 1.19. The van der Waals surface area contributed by atoms with E-state index in [0.717, 1.165) is 0 Å². The predicted octanol–water partition coefficient (Wildman–Crippen LogP) is -1.22. The van der Waals surface area contributed by atoms with Gasteiger partial charge in [0.15, 0.2) is 0 Å². The van der Waals surface area contributed by atoms with Crippen molar-refractivity contribution in [2.45, 2.75) is 13.1 Å². The van der Waals surface area contributed by atoms with Crippen molar-refractivity contribution in [2.24, 2.45) is 16.6 Å². The predicted molar refractivity (Wildman–Crippen MR) is 29.5 cm³/mol. The lowest BCUT2D eigenvalue weighted by atomic mass is 10.6. The highest BCUT2D eigenvalue weighted by Crippen LogP contribution is 1.68. The monoisotopic (exact) mass is 102 g/mol. The van der Waals surface area contributed by atoms with Crippen molar-refractivity contribution in [2.75, 3.05) is 0 Å². The molecule has 0 aromatic carbocycles. The van der Waals surface area contributed by atoms with Gasteiger partial charge in [0.25, 0.3) is 0 Å². The van der Waals surface area contributed by atoms with E-state index in [1.807, 2.05) is 0 Å². The minimum atomic E-state index is -0.170. The number of hydrogen-bond acceptors (Lipinski definition) is 3. The minimum Gasteiger partial charge on any atom is -0.315 e. The van der Waals surface area contributed by atoms with Crippen LogP contribution in [0.5, 0.6) is 0 Å². The Labute approximate surface area is 42.6 Å². The van der Waals surface area contributed by atoms with E-state index in [-0.39, 0.29) is 6.17 Å². The van der Waals surface area contributed by atoms with Crippen molar-refractivity contribution in [3.63, 3.8) is 0 Å². The van der Waals surface area contributed by atoms with Crippen molar-refractivity contribution < 1.29 is 0 Å². The van der Waals surface area contributed by atoms with E-state index >= 15 is 0 Å². The molecule has 4 heteroatoms. The highest BCUT2D eigenvalue weighted by molar-refractivity contribution is 5.53. The summed E-state index contributed by atoms with van der Waals surface area (Å²) in [7, 11) is 0. The molecule has 0 aliphatic rings. The summed E-state index contributed by atoms with van der Waals surface area (Å²) in [5.41, 5.74) is 7.41. The zero-order valence-electron chi connectivity index (χ0n) is 4.26. The highest BCUT2D eigenvalue weighted by atomic mass is 15.2. The molecular weight excluding hydrogens is 92.1 g/mol. The first-order valence-electron chi connectivity index (χ1n) is 2.00. The lowest BCUT2D eigenvalue weighted by Crippen LogP contribution is -2.22. The van der Waals surface area contributed by atoms with E-state index in [2.05, 4.69) is 10.4 Å². The van der Waals surface area contributed by atoms with Crippen molar-refractivity contribution in [3.8, 4) is 0 Å². The fraction of sp³-hybridized carbons (Fsp3) is 0.667. The molecule has 0 radical (unpaired) electrons. The third-order valence-electron chi connectivity index (χ3n) is 0.384. The summed E-state index contributed by atoms with van der Waals surface area (Å²) in [6, 6.07) is 0. The summed E-state index contributed by atoms with van der Waals surface area (Å²) in [6.07, 6.45) is 1.18. The van der Waals surface area contributed by atoms with E-state index < -0.39 is 0 Å². The Morgan fingerprint density at radius 3 is 2.57 bits per heavy atom. The molecule has 7 heavy (non-hydrogen) atoms. The Balaban J connectivity index is 3.08. The van der Waals surface area contributed by atoms with Crippen LogP contribution < -0.4 is 17.0 Å². The summed E-state index contributed by atoms with van der Waals surface area (Å²) in [4.78, 5) is 3.66. The molecule has 4 nitrogen and oxygen atoms in total. The first-order valence-corrected chi connectivity index (χ1v) is 2.00. The fourth-order valence-electron chi connectivity index (χ4n) is 0.161. The molecule has 0 heterocycles. The molecule has 0 amide bonds. The summed E-state index contributed by atoms with van der Waals surface area (Å²) >= 11 is 0. The van der Waals surface area contributed by atoms with Gasteiger partial charge in [-0.1, -0.05) is 0 Å². The largest absolute Gasteiger partial charge is 0.315 e. The average Bonchev–Trinajstić information content (AvgIpc) is 1.61. The topological polar surface area (TPSA) is 76.4 Å². The fourth-order valence-corrected chi connectivity index (χ4v) is 0.161. The molecule has 5 N–H and O–H groups in total. The number of hydrogen-bond donors (Lipinski definition) is 3. The molecule has 0 aliphatic carbocycles. The molecule has 1 atom stereocenters. The van der Waals surface area contributed by atoms with E-state index in [0.29, 0.717) is 0 Å². The van der Waals surface area contributed by atoms with E-state index in [4.69, 9.17) is 11.6 Å². The summed E-state index contributed by atoms with van der Waals surface area (Å²) < 4.78 is 0. The Morgan fingerprint density at radius 1 is 1.86 bits per heavy atom. The Bertz CT molecular complexity index is 58.0. The van der Waals surface area contributed by atoms with Gasteiger partial charge in [0.2, 0.25) is 0 Å². The maximum absolute atomic E-state index is 5.18. The molecule has 1 unspecified atom stereocenters. The standard InChI is InChI=1S/C3H10N4/c1-3(4)6-2-7-5/h2-3H,4-5H2,1H3,(H,6,7). The van der Waals surface area contributed by atoms with E-state index in [9.17, 15) is 0 Å². The Kier molecular flexibility index (Phi) is 3.26. The second kappa shape index (κ2) is 3.58. The van der Waals surface area contributed by atoms with Crippen LogP contribution in [0.1, 0.15) is 6.92 Å². The molecule has 0 aliphatic heterocycles. The maximum atomic E-state index is 5.18. The van der Waals surface area contributed by atoms with E-state index in [1.165, 1.54) is 6.34 Å². The number of rotatable bonds is 2. The van der Waals surface area contributed by atoms with Crippen molar-refractivity contribution in [1.29, 1.82) is 0 Å². The zero-order chi connectivity index (χ0) is 5.70. The van der Waals surface area contributed by atoms with Gasteiger partial charge in [-0.25, -0.2) is 5.84 Å².